The number of methoxy groups -OCH3 is 1. The highest BCUT2D eigenvalue weighted by Gasteiger charge is 2.48. The van der Waals surface area contributed by atoms with Gasteiger partial charge in [-0.25, -0.2) is 4.98 Å². The van der Waals surface area contributed by atoms with Gasteiger partial charge in [-0.3, -0.25) is 0 Å². The maximum absolute atomic E-state index is 5.26. The van der Waals surface area contributed by atoms with Crippen LogP contribution in [0.15, 0.2) is 0 Å². The van der Waals surface area contributed by atoms with Gasteiger partial charge in [0.05, 0.1) is 17.3 Å². The highest BCUT2D eigenvalue weighted by molar-refractivity contribution is 7.11. The molecule has 3 nitrogen and oxygen atoms in total. The molecule has 1 unspecified atom stereocenters. The quantitative estimate of drug-likeness (QED) is 0.770. The predicted octanol–water partition coefficient (Wildman–Crippen LogP) is 3.30. The molecule has 1 atom stereocenters. The van der Waals surface area contributed by atoms with Gasteiger partial charge in [0.25, 0.3) is 0 Å². The van der Waals surface area contributed by atoms with E-state index < -0.39 is 0 Å². The van der Waals surface area contributed by atoms with Crippen molar-refractivity contribution in [2.24, 2.45) is 5.41 Å². The summed E-state index contributed by atoms with van der Waals surface area (Å²) >= 11 is 1.87. The Bertz CT molecular complexity index is 400. The number of hydrogen-bond acceptors (Lipinski definition) is 4. The molecular weight excluding hydrogens is 244 g/mol. The lowest BCUT2D eigenvalue weighted by molar-refractivity contribution is 0.181. The standard InChI is InChI=1S/C14H24N2OS/c1-5-6-15-8-12-11(9-17-4)16-13(18-12)10-7-14(10,2)3/h10,15H,5-9H2,1-4H3. The molecule has 4 heteroatoms. The van der Waals surface area contributed by atoms with Crippen molar-refractivity contribution in [1.82, 2.24) is 10.3 Å². The predicted molar refractivity (Wildman–Crippen MR) is 76.0 cm³/mol. The van der Waals surface area contributed by atoms with Gasteiger partial charge in [-0.15, -0.1) is 11.3 Å². The van der Waals surface area contributed by atoms with Gasteiger partial charge in [0, 0.05) is 24.4 Å². The molecule has 1 aromatic rings. The minimum Gasteiger partial charge on any atom is -0.378 e. The van der Waals surface area contributed by atoms with E-state index in [1.165, 1.54) is 22.7 Å². The monoisotopic (exact) mass is 268 g/mol. The van der Waals surface area contributed by atoms with Crippen LogP contribution in [0.5, 0.6) is 0 Å². The maximum atomic E-state index is 5.26. The first-order valence-corrected chi connectivity index (χ1v) is 7.58. The SMILES string of the molecule is CCCNCc1sc(C2CC2(C)C)nc1COC. The van der Waals surface area contributed by atoms with Crippen LogP contribution in [0.25, 0.3) is 0 Å². The topological polar surface area (TPSA) is 34.2 Å². The Balaban J connectivity index is 2.06. The van der Waals surface area contributed by atoms with Crippen LogP contribution >= 0.6 is 11.3 Å². The van der Waals surface area contributed by atoms with E-state index in [0.717, 1.165) is 18.8 Å². The summed E-state index contributed by atoms with van der Waals surface area (Å²) in [6, 6.07) is 0. The van der Waals surface area contributed by atoms with Crippen molar-refractivity contribution < 1.29 is 4.74 Å². The van der Waals surface area contributed by atoms with Gasteiger partial charge < -0.3 is 10.1 Å². The highest BCUT2D eigenvalue weighted by Crippen LogP contribution is 2.59. The fraction of sp³-hybridized carbons (Fsp3) is 0.786. The molecule has 0 spiro atoms. The van der Waals surface area contributed by atoms with Crippen molar-refractivity contribution >= 4 is 11.3 Å². The Morgan fingerprint density at radius 2 is 2.22 bits per heavy atom. The molecule has 1 saturated carbocycles. The van der Waals surface area contributed by atoms with Crippen molar-refractivity contribution in [2.45, 2.75) is 52.7 Å². The van der Waals surface area contributed by atoms with E-state index in [0.29, 0.717) is 17.9 Å². The zero-order valence-electron chi connectivity index (χ0n) is 11.9. The van der Waals surface area contributed by atoms with E-state index in [2.05, 4.69) is 26.1 Å². The largest absolute Gasteiger partial charge is 0.378 e. The first kappa shape index (κ1) is 14.0. The fourth-order valence-corrected chi connectivity index (χ4v) is 3.56. The average Bonchev–Trinajstić information content (AvgIpc) is 2.78. The molecule has 1 heterocycles. The summed E-state index contributed by atoms with van der Waals surface area (Å²) in [7, 11) is 1.74. The Kier molecular flexibility index (Phi) is 4.41. The average molecular weight is 268 g/mol. The van der Waals surface area contributed by atoms with E-state index >= 15 is 0 Å². The zero-order chi connectivity index (χ0) is 13.2. The number of nitrogens with one attached hydrogen (secondary N) is 1. The molecule has 0 aliphatic heterocycles. The third-order valence-electron chi connectivity index (χ3n) is 3.60. The molecule has 1 aliphatic carbocycles. The van der Waals surface area contributed by atoms with Crippen LogP contribution in [0.2, 0.25) is 0 Å². The lowest BCUT2D eigenvalue weighted by Crippen LogP contribution is -2.14. The van der Waals surface area contributed by atoms with Crippen molar-refractivity contribution in [3.05, 3.63) is 15.6 Å². The van der Waals surface area contributed by atoms with Crippen molar-refractivity contribution in [3.8, 4) is 0 Å². The van der Waals surface area contributed by atoms with E-state index in [4.69, 9.17) is 9.72 Å². The lowest BCUT2D eigenvalue weighted by Gasteiger charge is -2.02. The minimum absolute atomic E-state index is 0.455. The van der Waals surface area contributed by atoms with Crippen LogP contribution in [-0.2, 0) is 17.9 Å². The normalized spacial score (nSPS) is 21.2. The van der Waals surface area contributed by atoms with E-state index in [1.807, 2.05) is 11.3 Å². The molecule has 0 aromatic carbocycles. The molecular formula is C14H24N2OS. The molecule has 0 amide bonds. The first-order chi connectivity index (χ1) is 8.58. The molecule has 0 radical (unpaired) electrons. The summed E-state index contributed by atoms with van der Waals surface area (Å²) in [5.41, 5.74) is 1.58. The van der Waals surface area contributed by atoms with Crippen molar-refractivity contribution in [3.63, 3.8) is 0 Å². The third kappa shape index (κ3) is 3.11. The van der Waals surface area contributed by atoms with Crippen LogP contribution in [0.4, 0.5) is 0 Å². The van der Waals surface area contributed by atoms with E-state index in [9.17, 15) is 0 Å². The fourth-order valence-electron chi connectivity index (χ4n) is 2.21. The number of ether oxygens (including phenoxy) is 1. The molecule has 102 valence electrons. The summed E-state index contributed by atoms with van der Waals surface area (Å²) < 4.78 is 5.26. The lowest BCUT2D eigenvalue weighted by atomic mass is 10.1. The zero-order valence-corrected chi connectivity index (χ0v) is 12.7. The van der Waals surface area contributed by atoms with Crippen molar-refractivity contribution in [1.29, 1.82) is 0 Å². The molecule has 1 aliphatic rings. The first-order valence-electron chi connectivity index (χ1n) is 6.76. The molecule has 18 heavy (non-hydrogen) atoms. The van der Waals surface area contributed by atoms with Crippen LogP contribution in [0.1, 0.15) is 55.1 Å². The number of aromatic nitrogens is 1. The smallest absolute Gasteiger partial charge is 0.0969 e. The molecule has 1 N–H and O–H groups in total. The number of thiazole rings is 1. The Labute approximate surface area is 114 Å². The second kappa shape index (κ2) is 5.68. The second-order valence-electron chi connectivity index (χ2n) is 5.78. The van der Waals surface area contributed by atoms with Gasteiger partial charge >= 0.3 is 0 Å². The highest BCUT2D eigenvalue weighted by atomic mass is 32.1. The van der Waals surface area contributed by atoms with Crippen molar-refractivity contribution in [2.75, 3.05) is 13.7 Å². The Morgan fingerprint density at radius 1 is 1.50 bits per heavy atom. The van der Waals surface area contributed by atoms with Gasteiger partial charge in [0.1, 0.15) is 0 Å². The number of hydrogen-bond donors (Lipinski definition) is 1. The summed E-state index contributed by atoms with van der Waals surface area (Å²) in [6.07, 6.45) is 2.44. The van der Waals surface area contributed by atoms with Gasteiger partial charge in [0.2, 0.25) is 0 Å². The molecule has 1 aromatic heterocycles. The Hall–Kier alpha value is -0.450. The molecule has 1 fully saturated rings. The summed E-state index contributed by atoms with van der Waals surface area (Å²) in [5, 5.41) is 4.76. The molecule has 0 saturated heterocycles. The van der Waals surface area contributed by atoms with Crippen LogP contribution in [-0.4, -0.2) is 18.6 Å². The maximum Gasteiger partial charge on any atom is 0.0969 e. The van der Waals surface area contributed by atoms with Crippen LogP contribution < -0.4 is 5.32 Å². The Morgan fingerprint density at radius 3 is 2.78 bits per heavy atom. The van der Waals surface area contributed by atoms with Gasteiger partial charge in [-0.1, -0.05) is 20.8 Å². The third-order valence-corrected chi connectivity index (χ3v) is 4.81. The van der Waals surface area contributed by atoms with E-state index in [1.54, 1.807) is 7.11 Å². The van der Waals surface area contributed by atoms with E-state index in [-0.39, 0.29) is 0 Å². The van der Waals surface area contributed by atoms with Gasteiger partial charge in [0.15, 0.2) is 0 Å². The summed E-state index contributed by atoms with van der Waals surface area (Å²) in [5.74, 6) is 0.665. The second-order valence-corrected chi connectivity index (χ2v) is 6.89. The summed E-state index contributed by atoms with van der Waals surface area (Å²) in [6.45, 7) is 9.46. The molecule has 0 bridgehead atoms. The van der Waals surface area contributed by atoms with Gasteiger partial charge in [-0.2, -0.15) is 0 Å². The molecule has 2 rings (SSSR count). The van der Waals surface area contributed by atoms with Gasteiger partial charge in [-0.05, 0) is 24.8 Å². The summed E-state index contributed by atoms with van der Waals surface area (Å²) in [4.78, 5) is 6.14. The minimum atomic E-state index is 0.455. The number of rotatable bonds is 7. The van der Waals surface area contributed by atoms with Crippen LogP contribution in [0, 0.1) is 5.41 Å². The van der Waals surface area contributed by atoms with Crippen LogP contribution in [0.3, 0.4) is 0 Å². The number of nitrogens with zero attached hydrogens (tertiary/aromatic N) is 1.